The van der Waals surface area contributed by atoms with Gasteiger partial charge < -0.3 is 20.0 Å². The van der Waals surface area contributed by atoms with Crippen molar-refractivity contribution < 1.29 is 9.21 Å². The minimum atomic E-state index is 0.163. The molecule has 1 aliphatic rings. The summed E-state index contributed by atoms with van der Waals surface area (Å²) in [6.45, 7) is 13.9. The molecule has 1 fully saturated rings. The van der Waals surface area contributed by atoms with E-state index in [2.05, 4.69) is 25.5 Å². The van der Waals surface area contributed by atoms with E-state index in [1.807, 2.05) is 25.7 Å². The molecule has 140 valence electrons. The van der Waals surface area contributed by atoms with E-state index in [1.165, 1.54) is 0 Å². The smallest absolute Gasteiger partial charge is 0.219 e. The van der Waals surface area contributed by atoms with Gasteiger partial charge >= 0.3 is 0 Å². The quantitative estimate of drug-likeness (QED) is 0.574. The van der Waals surface area contributed by atoms with E-state index in [0.717, 1.165) is 63.2 Å². The van der Waals surface area contributed by atoms with Crippen molar-refractivity contribution in [2.24, 2.45) is 4.99 Å². The number of carbonyl (C=O) groups excluding carboxylic acids is 1. The molecule has 1 amide bonds. The number of aliphatic imine (C=N–C) groups is 1. The lowest BCUT2D eigenvalue weighted by atomic mass is 10.3. The average Bonchev–Trinajstić information content (AvgIpc) is 2.91. The SMILES string of the molecule is CCNC(=NCc1nc(C)c(C)o1)NCCN1CCN(C(C)=O)CC1. The third-order valence-corrected chi connectivity index (χ3v) is 4.33. The van der Waals surface area contributed by atoms with Crippen molar-refractivity contribution in [3.8, 4) is 0 Å². The maximum atomic E-state index is 11.4. The highest BCUT2D eigenvalue weighted by atomic mass is 16.4. The molecule has 0 radical (unpaired) electrons. The fraction of sp³-hybridized carbons (Fsp3) is 0.706. The fourth-order valence-electron chi connectivity index (χ4n) is 2.71. The van der Waals surface area contributed by atoms with Crippen LogP contribution in [0, 0.1) is 13.8 Å². The van der Waals surface area contributed by atoms with Gasteiger partial charge in [-0.3, -0.25) is 9.69 Å². The number of carbonyl (C=O) groups is 1. The van der Waals surface area contributed by atoms with Crippen LogP contribution in [0.2, 0.25) is 0 Å². The van der Waals surface area contributed by atoms with Crippen molar-refractivity contribution in [1.29, 1.82) is 0 Å². The first-order valence-corrected chi connectivity index (χ1v) is 8.92. The van der Waals surface area contributed by atoms with Crippen molar-refractivity contribution in [1.82, 2.24) is 25.4 Å². The maximum Gasteiger partial charge on any atom is 0.219 e. The molecule has 1 aromatic rings. The van der Waals surface area contributed by atoms with E-state index in [0.29, 0.717) is 12.4 Å². The van der Waals surface area contributed by atoms with E-state index in [9.17, 15) is 4.79 Å². The van der Waals surface area contributed by atoms with Gasteiger partial charge in [-0.1, -0.05) is 0 Å². The Bertz CT molecular complexity index is 570. The molecular weight excluding hydrogens is 320 g/mol. The van der Waals surface area contributed by atoms with Gasteiger partial charge in [-0.15, -0.1) is 0 Å². The Balaban J connectivity index is 1.75. The number of aromatic nitrogens is 1. The minimum absolute atomic E-state index is 0.163. The Kier molecular flexibility index (Phi) is 7.24. The molecule has 2 rings (SSSR count). The minimum Gasteiger partial charge on any atom is -0.444 e. The third kappa shape index (κ3) is 6.04. The Hall–Kier alpha value is -2.09. The van der Waals surface area contributed by atoms with Crippen LogP contribution in [0.4, 0.5) is 0 Å². The van der Waals surface area contributed by atoms with Crippen molar-refractivity contribution in [3.05, 3.63) is 17.3 Å². The van der Waals surface area contributed by atoms with Crippen LogP contribution in [0.3, 0.4) is 0 Å². The number of amides is 1. The highest BCUT2D eigenvalue weighted by molar-refractivity contribution is 5.79. The Labute approximate surface area is 149 Å². The maximum absolute atomic E-state index is 11.4. The number of nitrogens with zero attached hydrogens (tertiary/aromatic N) is 4. The van der Waals surface area contributed by atoms with E-state index in [1.54, 1.807) is 6.92 Å². The van der Waals surface area contributed by atoms with Gasteiger partial charge in [-0.25, -0.2) is 9.98 Å². The molecule has 2 heterocycles. The summed E-state index contributed by atoms with van der Waals surface area (Å²) in [4.78, 5) is 24.5. The van der Waals surface area contributed by atoms with Gasteiger partial charge in [0.1, 0.15) is 12.3 Å². The average molecular weight is 350 g/mol. The molecule has 0 spiro atoms. The van der Waals surface area contributed by atoms with Crippen LogP contribution < -0.4 is 10.6 Å². The zero-order chi connectivity index (χ0) is 18.2. The van der Waals surface area contributed by atoms with Crippen molar-refractivity contribution >= 4 is 11.9 Å². The van der Waals surface area contributed by atoms with Crippen molar-refractivity contribution in [2.75, 3.05) is 45.8 Å². The normalized spacial score (nSPS) is 16.2. The van der Waals surface area contributed by atoms with Crippen LogP contribution >= 0.6 is 0 Å². The molecule has 2 N–H and O–H groups in total. The number of aryl methyl sites for hydroxylation is 2. The molecule has 0 atom stereocenters. The van der Waals surface area contributed by atoms with E-state index < -0.39 is 0 Å². The van der Waals surface area contributed by atoms with Crippen LogP contribution in [0.15, 0.2) is 9.41 Å². The summed E-state index contributed by atoms with van der Waals surface area (Å²) in [5.41, 5.74) is 0.910. The van der Waals surface area contributed by atoms with E-state index >= 15 is 0 Å². The van der Waals surface area contributed by atoms with Gasteiger partial charge in [-0.2, -0.15) is 0 Å². The van der Waals surface area contributed by atoms with Gasteiger partial charge in [0.2, 0.25) is 11.8 Å². The number of guanidine groups is 1. The number of nitrogens with one attached hydrogen (secondary N) is 2. The van der Waals surface area contributed by atoms with Crippen LogP contribution in [-0.2, 0) is 11.3 Å². The molecule has 0 aliphatic carbocycles. The monoisotopic (exact) mass is 350 g/mol. The molecule has 1 aromatic heterocycles. The molecule has 0 bridgehead atoms. The summed E-state index contributed by atoms with van der Waals surface area (Å²) in [7, 11) is 0. The van der Waals surface area contributed by atoms with Gasteiger partial charge in [-0.05, 0) is 20.8 Å². The Morgan fingerprint density at radius 3 is 2.52 bits per heavy atom. The summed E-state index contributed by atoms with van der Waals surface area (Å²) >= 11 is 0. The largest absolute Gasteiger partial charge is 0.444 e. The van der Waals surface area contributed by atoms with Crippen LogP contribution in [0.5, 0.6) is 0 Å². The zero-order valence-electron chi connectivity index (χ0n) is 15.8. The molecule has 8 heteroatoms. The standard InChI is InChI=1S/C17H30N6O2/c1-5-18-17(20-12-16-21-13(2)14(3)25-16)19-6-7-22-8-10-23(11-9-22)15(4)24/h5-12H2,1-4H3,(H2,18,19,20). The molecule has 0 unspecified atom stereocenters. The Morgan fingerprint density at radius 1 is 1.24 bits per heavy atom. The van der Waals surface area contributed by atoms with Gasteiger partial charge in [0.15, 0.2) is 5.96 Å². The summed E-state index contributed by atoms with van der Waals surface area (Å²) < 4.78 is 5.56. The molecular formula is C17H30N6O2. The summed E-state index contributed by atoms with van der Waals surface area (Å²) in [6, 6.07) is 0. The topological polar surface area (TPSA) is 86.0 Å². The van der Waals surface area contributed by atoms with Crippen LogP contribution in [0.1, 0.15) is 31.2 Å². The second-order valence-corrected chi connectivity index (χ2v) is 6.22. The predicted octanol–water partition coefficient (Wildman–Crippen LogP) is 0.511. The first-order chi connectivity index (χ1) is 12.0. The second kappa shape index (κ2) is 9.41. The number of oxazole rings is 1. The van der Waals surface area contributed by atoms with Crippen molar-refractivity contribution in [2.45, 2.75) is 34.2 Å². The predicted molar refractivity (Wildman–Crippen MR) is 97.5 cm³/mol. The molecule has 1 saturated heterocycles. The number of hydrogen-bond donors (Lipinski definition) is 2. The fourth-order valence-corrected chi connectivity index (χ4v) is 2.71. The van der Waals surface area contributed by atoms with Gasteiger partial charge in [0.25, 0.3) is 0 Å². The highest BCUT2D eigenvalue weighted by Gasteiger charge is 2.17. The molecule has 0 aromatic carbocycles. The molecule has 25 heavy (non-hydrogen) atoms. The highest BCUT2D eigenvalue weighted by Crippen LogP contribution is 2.08. The third-order valence-electron chi connectivity index (χ3n) is 4.33. The molecule has 0 saturated carbocycles. The number of hydrogen-bond acceptors (Lipinski definition) is 5. The van der Waals surface area contributed by atoms with E-state index in [-0.39, 0.29) is 5.91 Å². The second-order valence-electron chi connectivity index (χ2n) is 6.22. The summed E-state index contributed by atoms with van der Waals surface area (Å²) in [5, 5.41) is 6.57. The number of piperazine rings is 1. The van der Waals surface area contributed by atoms with Crippen LogP contribution in [0.25, 0.3) is 0 Å². The van der Waals surface area contributed by atoms with Gasteiger partial charge in [0.05, 0.1) is 5.69 Å². The Morgan fingerprint density at radius 2 is 1.96 bits per heavy atom. The lowest BCUT2D eigenvalue weighted by molar-refractivity contribution is -0.130. The zero-order valence-corrected chi connectivity index (χ0v) is 15.8. The van der Waals surface area contributed by atoms with Crippen molar-refractivity contribution in [3.63, 3.8) is 0 Å². The lowest BCUT2D eigenvalue weighted by Crippen LogP contribution is -2.50. The number of rotatable bonds is 6. The first-order valence-electron chi connectivity index (χ1n) is 8.92. The first kappa shape index (κ1) is 19.2. The lowest BCUT2D eigenvalue weighted by Gasteiger charge is -2.34. The van der Waals surface area contributed by atoms with Gasteiger partial charge in [0, 0.05) is 52.7 Å². The summed E-state index contributed by atoms with van der Waals surface area (Å²) in [5.74, 6) is 2.40. The molecule has 8 nitrogen and oxygen atoms in total. The van der Waals surface area contributed by atoms with E-state index in [4.69, 9.17) is 4.42 Å². The van der Waals surface area contributed by atoms with Crippen LogP contribution in [-0.4, -0.2) is 72.5 Å². The summed E-state index contributed by atoms with van der Waals surface area (Å²) in [6.07, 6.45) is 0. The molecule has 1 aliphatic heterocycles.